The molecule has 1 saturated carbocycles. The number of alkyl halides is 2. The summed E-state index contributed by atoms with van der Waals surface area (Å²) in [4.78, 5) is 11.3. The maximum atomic E-state index is 13.4. The Morgan fingerprint density at radius 2 is 1.72 bits per heavy atom. The van der Waals surface area contributed by atoms with Crippen molar-refractivity contribution in [3.05, 3.63) is 59.7 Å². The summed E-state index contributed by atoms with van der Waals surface area (Å²) in [6.45, 7) is -0.735. The van der Waals surface area contributed by atoms with Crippen molar-refractivity contribution in [2.24, 2.45) is 11.8 Å². The van der Waals surface area contributed by atoms with Crippen molar-refractivity contribution in [2.45, 2.75) is 89.3 Å². The topological polar surface area (TPSA) is 46.5 Å². The molecular weight excluding hydrogens is 410 g/mol. The summed E-state index contributed by atoms with van der Waals surface area (Å²) < 4.78 is 32.0. The lowest BCUT2D eigenvalue weighted by molar-refractivity contribution is -0.180. The van der Waals surface area contributed by atoms with Crippen molar-refractivity contribution in [1.29, 1.82) is 0 Å². The number of carboxylic acid groups (broad SMARTS) is 1. The lowest BCUT2D eigenvalue weighted by Gasteiger charge is -2.36. The summed E-state index contributed by atoms with van der Waals surface area (Å²) in [6.07, 6.45) is 18.1. The molecule has 0 radical (unpaired) electrons. The molecule has 1 aromatic rings. The Balaban J connectivity index is 1.72. The number of benzene rings is 1. The molecule has 2 aliphatic carbocycles. The van der Waals surface area contributed by atoms with Crippen molar-refractivity contribution < 1.29 is 23.4 Å². The summed E-state index contributed by atoms with van der Waals surface area (Å²) in [5.41, 5.74) is 0.296. The molecule has 176 valence electrons. The molecule has 5 heteroatoms. The molecule has 0 aromatic heterocycles. The zero-order valence-electron chi connectivity index (χ0n) is 19.0. The van der Waals surface area contributed by atoms with Gasteiger partial charge in [0.05, 0.1) is 5.92 Å². The van der Waals surface area contributed by atoms with Crippen molar-refractivity contribution >= 4 is 5.97 Å². The second kappa shape index (κ2) is 11.7. The fourth-order valence-corrected chi connectivity index (χ4v) is 5.25. The Hall–Kier alpha value is -2.01. The third-order valence-electron chi connectivity index (χ3n) is 7.06. The van der Waals surface area contributed by atoms with Gasteiger partial charge in [-0.2, -0.15) is 8.78 Å². The van der Waals surface area contributed by atoms with Crippen LogP contribution in [0.2, 0.25) is 0 Å². The van der Waals surface area contributed by atoms with E-state index in [2.05, 4.69) is 6.92 Å². The minimum atomic E-state index is -2.97. The van der Waals surface area contributed by atoms with Crippen molar-refractivity contribution in [2.75, 3.05) is 0 Å². The van der Waals surface area contributed by atoms with E-state index in [9.17, 15) is 18.7 Å². The van der Waals surface area contributed by atoms with Gasteiger partial charge in [-0.05, 0) is 60.8 Å². The van der Waals surface area contributed by atoms with Gasteiger partial charge in [-0.1, -0.05) is 81.9 Å². The van der Waals surface area contributed by atoms with E-state index < -0.39 is 24.1 Å². The van der Waals surface area contributed by atoms with Gasteiger partial charge < -0.3 is 9.84 Å². The van der Waals surface area contributed by atoms with E-state index in [1.54, 1.807) is 0 Å². The van der Waals surface area contributed by atoms with E-state index in [-0.39, 0.29) is 0 Å². The minimum Gasteiger partial charge on any atom is -0.481 e. The Morgan fingerprint density at radius 3 is 2.34 bits per heavy atom. The fourth-order valence-electron chi connectivity index (χ4n) is 5.25. The smallest absolute Gasteiger partial charge is 0.346 e. The van der Waals surface area contributed by atoms with Crippen LogP contribution in [0, 0.1) is 11.8 Å². The van der Waals surface area contributed by atoms with Crippen LogP contribution in [0.15, 0.2) is 48.6 Å². The van der Waals surface area contributed by atoms with Crippen molar-refractivity contribution in [3.63, 3.8) is 0 Å². The molecule has 0 heterocycles. The molecule has 2 aliphatic rings. The predicted molar refractivity (Wildman–Crippen MR) is 123 cm³/mol. The first-order valence-electron chi connectivity index (χ1n) is 12.1. The SMILES string of the molecule is CCCCCCC[C@H]1CC[C@H](c2ccccc2C2(OC(F)F)C=CC(C(=O)O)C=C2)CC1. The molecule has 0 bridgehead atoms. The molecule has 0 saturated heterocycles. The van der Waals surface area contributed by atoms with Crippen LogP contribution in [-0.4, -0.2) is 17.7 Å². The number of hydrogen-bond acceptors (Lipinski definition) is 2. The molecule has 0 unspecified atom stereocenters. The van der Waals surface area contributed by atoms with Crippen LogP contribution in [0.25, 0.3) is 0 Å². The molecule has 1 N–H and O–H groups in total. The van der Waals surface area contributed by atoms with E-state index in [1.807, 2.05) is 24.3 Å². The van der Waals surface area contributed by atoms with Crippen LogP contribution in [-0.2, 0) is 15.1 Å². The largest absolute Gasteiger partial charge is 0.481 e. The number of halogens is 2. The summed E-state index contributed by atoms with van der Waals surface area (Å²) in [6, 6.07) is 7.65. The quantitative estimate of drug-likeness (QED) is 0.281. The van der Waals surface area contributed by atoms with Crippen LogP contribution in [0.4, 0.5) is 8.78 Å². The standard InChI is InChI=1S/C27H36F2O3/c1-2-3-4-5-6-9-20-12-14-21(15-13-20)23-10-7-8-11-24(23)27(32-26(28)29)18-16-22(17-19-27)25(30)31/h7-8,10-11,16-22,26H,2-6,9,12-15H2,1H3,(H,30,31)/t20-,21-,22?,27?. The Morgan fingerprint density at radius 1 is 1.06 bits per heavy atom. The highest BCUT2D eigenvalue weighted by Gasteiger charge is 2.38. The number of unbranched alkanes of at least 4 members (excludes halogenated alkanes) is 4. The summed E-state index contributed by atoms with van der Waals surface area (Å²) in [5, 5.41) is 9.26. The molecule has 3 rings (SSSR count). The van der Waals surface area contributed by atoms with Crippen LogP contribution in [0.3, 0.4) is 0 Å². The van der Waals surface area contributed by atoms with Crippen LogP contribution in [0.5, 0.6) is 0 Å². The third kappa shape index (κ3) is 6.28. The van der Waals surface area contributed by atoms with E-state index in [0.717, 1.165) is 24.3 Å². The average Bonchev–Trinajstić information content (AvgIpc) is 2.79. The molecule has 0 amide bonds. The van der Waals surface area contributed by atoms with E-state index in [1.165, 1.54) is 75.7 Å². The fraction of sp³-hybridized carbons (Fsp3) is 0.593. The molecule has 32 heavy (non-hydrogen) atoms. The molecular formula is C27H36F2O3. The first-order chi connectivity index (χ1) is 15.4. The maximum absolute atomic E-state index is 13.4. The number of aliphatic carboxylic acids is 1. The molecule has 1 aromatic carbocycles. The number of carboxylic acids is 1. The number of carbonyl (C=O) groups is 1. The van der Waals surface area contributed by atoms with Gasteiger partial charge in [-0.25, -0.2) is 0 Å². The lowest BCUT2D eigenvalue weighted by Crippen LogP contribution is -2.32. The zero-order valence-corrected chi connectivity index (χ0v) is 19.0. The third-order valence-corrected chi connectivity index (χ3v) is 7.06. The summed E-state index contributed by atoms with van der Waals surface area (Å²) in [7, 11) is 0. The Kier molecular flexibility index (Phi) is 9.03. The highest BCUT2D eigenvalue weighted by molar-refractivity contribution is 5.75. The zero-order chi connectivity index (χ0) is 23.0. The van der Waals surface area contributed by atoms with Gasteiger partial charge in [-0.15, -0.1) is 0 Å². The van der Waals surface area contributed by atoms with E-state index in [0.29, 0.717) is 11.5 Å². The predicted octanol–water partition coefficient (Wildman–Crippen LogP) is 7.58. The highest BCUT2D eigenvalue weighted by Crippen LogP contribution is 2.44. The normalized spacial score (nSPS) is 27.7. The van der Waals surface area contributed by atoms with Crippen molar-refractivity contribution in [3.8, 4) is 0 Å². The van der Waals surface area contributed by atoms with Gasteiger partial charge in [0.1, 0.15) is 5.60 Å². The van der Waals surface area contributed by atoms with Crippen LogP contribution in [0.1, 0.15) is 88.2 Å². The van der Waals surface area contributed by atoms with Gasteiger partial charge in [0, 0.05) is 0 Å². The van der Waals surface area contributed by atoms with Gasteiger partial charge in [0.25, 0.3) is 0 Å². The van der Waals surface area contributed by atoms with E-state index in [4.69, 9.17) is 4.74 Å². The lowest BCUT2D eigenvalue weighted by atomic mass is 9.73. The van der Waals surface area contributed by atoms with Gasteiger partial charge in [0.2, 0.25) is 0 Å². The van der Waals surface area contributed by atoms with Crippen LogP contribution >= 0.6 is 0 Å². The van der Waals surface area contributed by atoms with E-state index >= 15 is 0 Å². The first-order valence-corrected chi connectivity index (χ1v) is 12.1. The summed E-state index contributed by atoms with van der Waals surface area (Å²) in [5.74, 6) is -0.773. The molecule has 0 atom stereocenters. The number of rotatable bonds is 11. The monoisotopic (exact) mass is 446 g/mol. The maximum Gasteiger partial charge on any atom is 0.346 e. The summed E-state index contributed by atoms with van der Waals surface area (Å²) >= 11 is 0. The highest BCUT2D eigenvalue weighted by atomic mass is 19.3. The second-order valence-corrected chi connectivity index (χ2v) is 9.26. The molecule has 0 aliphatic heterocycles. The van der Waals surface area contributed by atoms with Crippen molar-refractivity contribution in [1.82, 2.24) is 0 Å². The van der Waals surface area contributed by atoms with Gasteiger partial charge in [-0.3, -0.25) is 4.79 Å². The molecule has 0 spiro atoms. The first kappa shape index (κ1) is 24.6. The Bertz CT molecular complexity index is 780. The number of ether oxygens (including phenoxy) is 1. The Labute approximate surface area is 190 Å². The minimum absolute atomic E-state index is 0.305. The molecule has 1 fully saturated rings. The van der Waals surface area contributed by atoms with Crippen LogP contribution < -0.4 is 0 Å². The molecule has 3 nitrogen and oxygen atoms in total. The number of hydrogen-bond donors (Lipinski definition) is 1. The van der Waals surface area contributed by atoms with Gasteiger partial charge >= 0.3 is 12.6 Å². The second-order valence-electron chi connectivity index (χ2n) is 9.26. The average molecular weight is 447 g/mol. The van der Waals surface area contributed by atoms with Gasteiger partial charge in [0.15, 0.2) is 0 Å².